The van der Waals surface area contributed by atoms with Gasteiger partial charge in [0.25, 0.3) is 0 Å². The lowest BCUT2D eigenvalue weighted by Crippen LogP contribution is -2.31. The molecular formula is C16H22N4. The fourth-order valence-corrected chi connectivity index (χ4v) is 2.26. The Morgan fingerprint density at radius 1 is 1.15 bits per heavy atom. The van der Waals surface area contributed by atoms with Crippen LogP contribution in [0.25, 0.3) is 0 Å². The molecule has 2 aromatic rings. The van der Waals surface area contributed by atoms with E-state index in [2.05, 4.69) is 65.2 Å². The van der Waals surface area contributed by atoms with E-state index >= 15 is 0 Å². The van der Waals surface area contributed by atoms with Crippen LogP contribution in [0.2, 0.25) is 0 Å². The summed E-state index contributed by atoms with van der Waals surface area (Å²) in [5.41, 5.74) is 2.37. The van der Waals surface area contributed by atoms with Gasteiger partial charge in [0.1, 0.15) is 18.0 Å². The molecular weight excluding hydrogens is 248 g/mol. The highest BCUT2D eigenvalue weighted by atomic mass is 15.2. The minimum atomic E-state index is 0.369. The fraction of sp³-hybridized carbons (Fsp3) is 0.375. The molecule has 1 heterocycles. The lowest BCUT2D eigenvalue weighted by atomic mass is 10.1. The highest BCUT2D eigenvalue weighted by Gasteiger charge is 2.16. The SMILES string of the molecule is CNc1ncnc(N(Cc2ccccc2)C(C)C)c1C. The van der Waals surface area contributed by atoms with Crippen molar-refractivity contribution < 1.29 is 0 Å². The molecule has 1 aromatic carbocycles. The first-order valence-electron chi connectivity index (χ1n) is 6.93. The molecule has 0 radical (unpaired) electrons. The Morgan fingerprint density at radius 2 is 1.85 bits per heavy atom. The molecule has 106 valence electrons. The van der Waals surface area contributed by atoms with E-state index in [1.807, 2.05) is 13.1 Å². The molecule has 0 spiro atoms. The van der Waals surface area contributed by atoms with E-state index in [9.17, 15) is 0 Å². The maximum Gasteiger partial charge on any atom is 0.137 e. The van der Waals surface area contributed by atoms with Crippen LogP contribution in [-0.4, -0.2) is 23.1 Å². The van der Waals surface area contributed by atoms with Gasteiger partial charge in [-0.25, -0.2) is 9.97 Å². The summed E-state index contributed by atoms with van der Waals surface area (Å²) in [6.07, 6.45) is 1.62. The van der Waals surface area contributed by atoms with Gasteiger partial charge < -0.3 is 10.2 Å². The van der Waals surface area contributed by atoms with E-state index in [1.165, 1.54) is 5.56 Å². The minimum absolute atomic E-state index is 0.369. The van der Waals surface area contributed by atoms with Gasteiger partial charge >= 0.3 is 0 Å². The quantitative estimate of drug-likeness (QED) is 0.905. The van der Waals surface area contributed by atoms with Crippen molar-refractivity contribution in [3.8, 4) is 0 Å². The van der Waals surface area contributed by atoms with Crippen LogP contribution in [-0.2, 0) is 6.54 Å². The number of anilines is 2. The summed E-state index contributed by atoms with van der Waals surface area (Å²) >= 11 is 0. The summed E-state index contributed by atoms with van der Waals surface area (Å²) in [6, 6.07) is 10.8. The first-order valence-corrected chi connectivity index (χ1v) is 6.93. The van der Waals surface area contributed by atoms with Crippen molar-refractivity contribution in [1.82, 2.24) is 9.97 Å². The molecule has 4 nitrogen and oxygen atoms in total. The Balaban J connectivity index is 2.34. The minimum Gasteiger partial charge on any atom is -0.373 e. The summed E-state index contributed by atoms with van der Waals surface area (Å²) in [5, 5.41) is 3.12. The summed E-state index contributed by atoms with van der Waals surface area (Å²) in [6.45, 7) is 7.27. The van der Waals surface area contributed by atoms with Crippen molar-refractivity contribution in [3.63, 3.8) is 0 Å². The Morgan fingerprint density at radius 3 is 2.45 bits per heavy atom. The molecule has 1 N–H and O–H groups in total. The van der Waals surface area contributed by atoms with E-state index in [-0.39, 0.29) is 0 Å². The molecule has 20 heavy (non-hydrogen) atoms. The van der Waals surface area contributed by atoms with Crippen molar-refractivity contribution in [1.29, 1.82) is 0 Å². The number of nitrogens with one attached hydrogen (secondary N) is 1. The first-order chi connectivity index (χ1) is 9.63. The molecule has 0 bridgehead atoms. The summed E-state index contributed by atoms with van der Waals surface area (Å²) in [5.74, 6) is 1.87. The Kier molecular flexibility index (Phi) is 4.56. The Hall–Kier alpha value is -2.10. The average molecular weight is 270 g/mol. The van der Waals surface area contributed by atoms with Gasteiger partial charge in [0.2, 0.25) is 0 Å². The Bertz CT molecular complexity index is 552. The molecule has 1 aromatic heterocycles. The number of hydrogen-bond acceptors (Lipinski definition) is 4. The highest BCUT2D eigenvalue weighted by Crippen LogP contribution is 2.25. The molecule has 2 rings (SSSR count). The van der Waals surface area contributed by atoms with E-state index in [0.717, 1.165) is 23.7 Å². The zero-order valence-electron chi connectivity index (χ0n) is 12.6. The van der Waals surface area contributed by atoms with Gasteiger partial charge in [0.05, 0.1) is 0 Å². The van der Waals surface area contributed by atoms with Crippen molar-refractivity contribution in [3.05, 3.63) is 47.8 Å². The monoisotopic (exact) mass is 270 g/mol. The van der Waals surface area contributed by atoms with Gasteiger partial charge in [-0.05, 0) is 26.3 Å². The maximum atomic E-state index is 4.48. The predicted molar refractivity (Wildman–Crippen MR) is 84.1 cm³/mol. The predicted octanol–water partition coefficient (Wildman–Crippen LogP) is 3.24. The third-order valence-electron chi connectivity index (χ3n) is 3.39. The third-order valence-corrected chi connectivity index (χ3v) is 3.39. The van der Waals surface area contributed by atoms with Gasteiger partial charge in [0.15, 0.2) is 0 Å². The number of rotatable bonds is 5. The molecule has 0 amide bonds. The zero-order valence-corrected chi connectivity index (χ0v) is 12.6. The van der Waals surface area contributed by atoms with E-state index < -0.39 is 0 Å². The number of hydrogen-bond donors (Lipinski definition) is 1. The fourth-order valence-electron chi connectivity index (χ4n) is 2.26. The molecule has 0 fully saturated rings. The molecule has 0 saturated carbocycles. The van der Waals surface area contributed by atoms with Gasteiger partial charge in [-0.2, -0.15) is 0 Å². The van der Waals surface area contributed by atoms with Gasteiger partial charge in [-0.15, -0.1) is 0 Å². The summed E-state index contributed by atoms with van der Waals surface area (Å²) < 4.78 is 0. The molecule has 4 heteroatoms. The van der Waals surface area contributed by atoms with Crippen LogP contribution in [0.3, 0.4) is 0 Å². The average Bonchev–Trinajstić information content (AvgIpc) is 2.46. The second-order valence-corrected chi connectivity index (χ2v) is 5.13. The van der Waals surface area contributed by atoms with E-state index in [4.69, 9.17) is 0 Å². The van der Waals surface area contributed by atoms with Crippen LogP contribution in [0.5, 0.6) is 0 Å². The van der Waals surface area contributed by atoms with Gasteiger partial charge in [0, 0.05) is 25.2 Å². The van der Waals surface area contributed by atoms with Crippen molar-refractivity contribution in [2.45, 2.75) is 33.4 Å². The number of aromatic nitrogens is 2. The number of benzene rings is 1. The van der Waals surface area contributed by atoms with Gasteiger partial charge in [-0.1, -0.05) is 30.3 Å². The van der Waals surface area contributed by atoms with Crippen LogP contribution < -0.4 is 10.2 Å². The van der Waals surface area contributed by atoms with Gasteiger partial charge in [-0.3, -0.25) is 0 Å². The normalized spacial score (nSPS) is 10.7. The molecule has 0 unspecified atom stereocenters. The lowest BCUT2D eigenvalue weighted by Gasteiger charge is -2.29. The first kappa shape index (κ1) is 14.3. The standard InChI is InChI=1S/C16H22N4/c1-12(2)20(10-14-8-6-5-7-9-14)16-13(3)15(17-4)18-11-19-16/h5-9,11-12H,10H2,1-4H3,(H,17,18,19). The van der Waals surface area contributed by atoms with E-state index in [1.54, 1.807) is 6.33 Å². The molecule has 0 saturated heterocycles. The van der Waals surface area contributed by atoms with E-state index in [0.29, 0.717) is 6.04 Å². The zero-order chi connectivity index (χ0) is 14.5. The highest BCUT2D eigenvalue weighted by molar-refractivity contribution is 5.58. The van der Waals surface area contributed by atoms with Crippen LogP contribution in [0.15, 0.2) is 36.7 Å². The Labute approximate surface area is 120 Å². The smallest absolute Gasteiger partial charge is 0.137 e. The molecule has 0 aliphatic carbocycles. The topological polar surface area (TPSA) is 41.1 Å². The summed E-state index contributed by atoms with van der Waals surface area (Å²) in [7, 11) is 1.88. The summed E-state index contributed by atoms with van der Waals surface area (Å²) in [4.78, 5) is 11.0. The van der Waals surface area contributed by atoms with Crippen LogP contribution in [0.4, 0.5) is 11.6 Å². The lowest BCUT2D eigenvalue weighted by molar-refractivity contribution is 0.669. The third kappa shape index (κ3) is 3.07. The van der Waals surface area contributed by atoms with Crippen molar-refractivity contribution in [2.75, 3.05) is 17.3 Å². The molecule has 0 atom stereocenters. The van der Waals surface area contributed by atoms with Crippen LogP contribution >= 0.6 is 0 Å². The second-order valence-electron chi connectivity index (χ2n) is 5.13. The maximum absolute atomic E-state index is 4.48. The molecule has 0 aliphatic rings. The van der Waals surface area contributed by atoms with Crippen LogP contribution in [0.1, 0.15) is 25.0 Å². The second kappa shape index (κ2) is 6.37. The van der Waals surface area contributed by atoms with Crippen LogP contribution in [0, 0.1) is 6.92 Å². The van der Waals surface area contributed by atoms with Crippen molar-refractivity contribution >= 4 is 11.6 Å². The van der Waals surface area contributed by atoms with Crippen molar-refractivity contribution in [2.24, 2.45) is 0 Å². The molecule has 0 aliphatic heterocycles. The number of nitrogens with zero attached hydrogens (tertiary/aromatic N) is 3. The largest absolute Gasteiger partial charge is 0.373 e.